The van der Waals surface area contributed by atoms with Crippen LogP contribution in [0.1, 0.15) is 258 Å². The first-order valence-electron chi connectivity index (χ1n) is 33.6. The largest absolute Gasteiger partial charge is 0.462 e. The Bertz CT molecular complexity index is 1980. The number of hydrogen-bond donors (Lipinski definition) is 1. The summed E-state index contributed by atoms with van der Waals surface area (Å²) in [6.07, 6.45) is 115. The van der Waals surface area contributed by atoms with E-state index in [0.29, 0.717) is 12.8 Å². The summed E-state index contributed by atoms with van der Waals surface area (Å²) in [7, 11) is 0. The van der Waals surface area contributed by atoms with Gasteiger partial charge in [-0.2, -0.15) is 0 Å². The van der Waals surface area contributed by atoms with Crippen LogP contribution in [0.4, 0.5) is 0 Å². The molecule has 0 radical (unpaired) electrons. The molecule has 468 valence electrons. The van der Waals surface area contributed by atoms with Crippen molar-refractivity contribution in [2.45, 2.75) is 264 Å². The van der Waals surface area contributed by atoms with E-state index in [1.54, 1.807) is 0 Å². The van der Waals surface area contributed by atoms with E-state index in [1.165, 1.54) is 83.5 Å². The Morgan fingerprint density at radius 2 is 0.476 bits per heavy atom. The van der Waals surface area contributed by atoms with Crippen LogP contribution < -0.4 is 0 Å². The third kappa shape index (κ3) is 69.0. The standard InChI is InChI=1S/C79H122O5/c1-3-5-7-9-11-13-15-17-19-21-23-25-27-29-31-33-35-37-38-39-40-42-43-45-47-49-51-53-55-57-59-61-63-65-67-69-71-73-78(81)83-76-77(75-80)84-79(82)74-72-70-68-66-64-62-60-58-56-54-52-50-48-46-44-41-36-34-32-30-28-26-24-22-20-18-16-14-12-10-8-6-4-2/h5-8,11-14,17-20,23-26,29-32,35-37,39-41,46,48,52,54,58,60,64,66,77,80H,3-4,9-10,15-16,21-22,27-28,33-34,38,42-45,47,49-51,53,55-57,59,61-63,65,67-76H2,1-2H3/b7-5-,8-6-,13-11-,14-12-,19-17-,20-18-,25-23-,26-24-,31-29-,32-30-,37-35-,40-39-,41-36-,48-46-,54-52-,60-58-,66-64-. The Kier molecular flexibility index (Phi) is 67.0. The van der Waals surface area contributed by atoms with Gasteiger partial charge in [-0.1, -0.05) is 304 Å². The lowest BCUT2D eigenvalue weighted by Crippen LogP contribution is -2.28. The molecule has 0 bridgehead atoms. The second-order valence-corrected chi connectivity index (χ2v) is 21.4. The van der Waals surface area contributed by atoms with Gasteiger partial charge in [0.15, 0.2) is 6.10 Å². The first-order valence-corrected chi connectivity index (χ1v) is 33.6. The molecule has 0 aliphatic carbocycles. The van der Waals surface area contributed by atoms with Crippen LogP contribution in [0.2, 0.25) is 0 Å². The van der Waals surface area contributed by atoms with Gasteiger partial charge in [0, 0.05) is 12.8 Å². The first-order chi connectivity index (χ1) is 41.6. The summed E-state index contributed by atoms with van der Waals surface area (Å²) in [6, 6.07) is 0. The number of aliphatic hydroxyl groups is 1. The topological polar surface area (TPSA) is 72.8 Å². The molecule has 0 aliphatic rings. The number of allylic oxidation sites excluding steroid dienone is 34. The average Bonchev–Trinajstić information content (AvgIpc) is 3.51. The molecule has 0 aromatic heterocycles. The van der Waals surface area contributed by atoms with Crippen molar-refractivity contribution < 1.29 is 24.2 Å². The van der Waals surface area contributed by atoms with Gasteiger partial charge in [-0.05, 0) is 148 Å². The van der Waals surface area contributed by atoms with Gasteiger partial charge in [-0.15, -0.1) is 0 Å². The van der Waals surface area contributed by atoms with Gasteiger partial charge in [0.05, 0.1) is 6.61 Å². The molecule has 0 aromatic rings. The summed E-state index contributed by atoms with van der Waals surface area (Å²) < 4.78 is 10.7. The number of esters is 2. The fourth-order valence-electron chi connectivity index (χ4n) is 8.62. The van der Waals surface area contributed by atoms with Crippen molar-refractivity contribution in [2.75, 3.05) is 13.2 Å². The van der Waals surface area contributed by atoms with Gasteiger partial charge in [0.25, 0.3) is 0 Å². The van der Waals surface area contributed by atoms with Gasteiger partial charge in [0.2, 0.25) is 0 Å². The van der Waals surface area contributed by atoms with Crippen molar-refractivity contribution in [1.29, 1.82) is 0 Å². The third-order valence-electron chi connectivity index (χ3n) is 13.6. The molecular formula is C79H122O5. The Morgan fingerprint density at radius 3 is 0.738 bits per heavy atom. The normalized spacial score (nSPS) is 13.6. The molecule has 0 saturated carbocycles. The fourth-order valence-corrected chi connectivity index (χ4v) is 8.62. The van der Waals surface area contributed by atoms with Crippen molar-refractivity contribution in [2.24, 2.45) is 0 Å². The summed E-state index contributed by atoms with van der Waals surface area (Å²) in [5.41, 5.74) is 0. The monoisotopic (exact) mass is 1150 g/mol. The molecule has 5 nitrogen and oxygen atoms in total. The highest BCUT2D eigenvalue weighted by Gasteiger charge is 2.16. The lowest BCUT2D eigenvalue weighted by atomic mass is 10.0. The van der Waals surface area contributed by atoms with E-state index in [2.05, 4.69) is 220 Å². The molecule has 5 heteroatoms. The molecule has 1 atom stereocenters. The zero-order chi connectivity index (χ0) is 60.5. The van der Waals surface area contributed by atoms with Crippen LogP contribution in [0, 0.1) is 0 Å². The molecule has 1 unspecified atom stereocenters. The quantitative estimate of drug-likeness (QED) is 0.0373. The van der Waals surface area contributed by atoms with Crippen LogP contribution in [-0.4, -0.2) is 36.4 Å². The zero-order valence-corrected chi connectivity index (χ0v) is 53.6. The first kappa shape index (κ1) is 78.5. The highest BCUT2D eigenvalue weighted by atomic mass is 16.6. The van der Waals surface area contributed by atoms with E-state index in [0.717, 1.165) is 141 Å². The Labute approximate surface area is 517 Å². The Morgan fingerprint density at radius 1 is 0.274 bits per heavy atom. The SMILES string of the molecule is CC/C=C\C/C=C\C/C=C\C/C=C\C/C=C\C/C=C\C/C=C\C/C=C\C/C=C\C/C=C\CCCCC(=O)OC(CO)COC(=O)CCCCCCCCCCCCCCCCC/C=C\C/C=C\C/C=C\C/C=C\C/C=C\C/C=C\C/C=C\CC. The van der Waals surface area contributed by atoms with Crippen LogP contribution in [0.15, 0.2) is 207 Å². The summed E-state index contributed by atoms with van der Waals surface area (Å²) >= 11 is 0. The van der Waals surface area contributed by atoms with Crippen molar-refractivity contribution in [3.05, 3.63) is 207 Å². The van der Waals surface area contributed by atoms with Gasteiger partial charge >= 0.3 is 11.9 Å². The van der Waals surface area contributed by atoms with Gasteiger partial charge in [-0.25, -0.2) is 0 Å². The second kappa shape index (κ2) is 71.7. The van der Waals surface area contributed by atoms with Crippen LogP contribution in [0.3, 0.4) is 0 Å². The van der Waals surface area contributed by atoms with E-state index < -0.39 is 6.10 Å². The van der Waals surface area contributed by atoms with Gasteiger partial charge in [0.1, 0.15) is 6.61 Å². The zero-order valence-electron chi connectivity index (χ0n) is 53.6. The van der Waals surface area contributed by atoms with Crippen LogP contribution in [-0.2, 0) is 19.1 Å². The number of hydrogen-bond acceptors (Lipinski definition) is 5. The van der Waals surface area contributed by atoms with Crippen molar-refractivity contribution >= 4 is 11.9 Å². The van der Waals surface area contributed by atoms with Gasteiger partial charge in [-0.3, -0.25) is 9.59 Å². The van der Waals surface area contributed by atoms with Crippen molar-refractivity contribution in [1.82, 2.24) is 0 Å². The number of ether oxygens (including phenoxy) is 2. The number of rotatable bonds is 59. The molecule has 0 heterocycles. The highest BCUT2D eigenvalue weighted by molar-refractivity contribution is 5.70. The minimum Gasteiger partial charge on any atom is -0.462 e. The van der Waals surface area contributed by atoms with E-state index in [9.17, 15) is 14.7 Å². The molecule has 0 amide bonds. The molecule has 1 N–H and O–H groups in total. The van der Waals surface area contributed by atoms with Gasteiger partial charge < -0.3 is 14.6 Å². The Hall–Kier alpha value is -5.52. The minimum absolute atomic E-state index is 0.0962. The maximum atomic E-state index is 12.3. The molecule has 0 aliphatic heterocycles. The Balaban J connectivity index is 3.63. The number of unbranched alkanes of at least 4 members (excludes halogenated alkanes) is 17. The maximum absolute atomic E-state index is 12.3. The van der Waals surface area contributed by atoms with Crippen molar-refractivity contribution in [3.63, 3.8) is 0 Å². The highest BCUT2D eigenvalue weighted by Crippen LogP contribution is 2.15. The van der Waals surface area contributed by atoms with Crippen LogP contribution >= 0.6 is 0 Å². The van der Waals surface area contributed by atoms with Crippen LogP contribution in [0.25, 0.3) is 0 Å². The second-order valence-electron chi connectivity index (χ2n) is 21.4. The molecule has 0 aromatic carbocycles. The van der Waals surface area contributed by atoms with E-state index in [1.807, 2.05) is 0 Å². The summed E-state index contributed by atoms with van der Waals surface area (Å²) in [6.45, 7) is 3.87. The van der Waals surface area contributed by atoms with E-state index in [4.69, 9.17) is 9.47 Å². The summed E-state index contributed by atoms with van der Waals surface area (Å²) in [5.74, 6) is -0.653. The van der Waals surface area contributed by atoms with Crippen molar-refractivity contribution in [3.8, 4) is 0 Å². The predicted molar refractivity (Wildman–Crippen MR) is 370 cm³/mol. The molecule has 0 saturated heterocycles. The minimum atomic E-state index is -0.812. The summed E-state index contributed by atoms with van der Waals surface area (Å²) in [4.78, 5) is 24.6. The smallest absolute Gasteiger partial charge is 0.306 e. The molecule has 0 fully saturated rings. The fraction of sp³-hybridized carbons (Fsp3) is 0.544. The molecule has 0 spiro atoms. The number of carbonyl (C=O) groups is 2. The summed E-state index contributed by atoms with van der Waals surface area (Å²) in [5, 5.41) is 9.69. The predicted octanol–water partition coefficient (Wildman–Crippen LogP) is 23.8. The van der Waals surface area contributed by atoms with Crippen LogP contribution in [0.5, 0.6) is 0 Å². The maximum Gasteiger partial charge on any atom is 0.306 e. The lowest BCUT2D eigenvalue weighted by Gasteiger charge is -2.15. The molecular weight excluding hydrogens is 1030 g/mol. The number of aliphatic hydroxyl groups excluding tert-OH is 1. The molecule has 0 rings (SSSR count). The van der Waals surface area contributed by atoms with E-state index in [-0.39, 0.29) is 31.6 Å². The number of carbonyl (C=O) groups excluding carboxylic acids is 2. The third-order valence-corrected chi connectivity index (χ3v) is 13.6. The average molecular weight is 1150 g/mol. The lowest BCUT2D eigenvalue weighted by molar-refractivity contribution is -0.161. The van der Waals surface area contributed by atoms with E-state index >= 15 is 0 Å². The molecule has 84 heavy (non-hydrogen) atoms.